The van der Waals surface area contributed by atoms with Gasteiger partial charge in [0, 0.05) is 13.2 Å². The molecule has 96 valence electrons. The molecule has 0 aliphatic carbocycles. The summed E-state index contributed by atoms with van der Waals surface area (Å²) < 4.78 is 5.73. The number of amides is 1. The second-order valence-electron chi connectivity index (χ2n) is 4.84. The van der Waals surface area contributed by atoms with Crippen molar-refractivity contribution in [1.82, 2.24) is 10.3 Å². The van der Waals surface area contributed by atoms with Crippen LogP contribution in [0.25, 0.3) is 0 Å². The van der Waals surface area contributed by atoms with Crippen LogP contribution in [-0.4, -0.2) is 36.2 Å². The number of nitrogens with zero attached hydrogens (tertiary/aromatic N) is 1. The van der Waals surface area contributed by atoms with Crippen LogP contribution < -0.4 is 10.6 Å². The van der Waals surface area contributed by atoms with Crippen LogP contribution in [0.4, 0.5) is 5.82 Å². The van der Waals surface area contributed by atoms with Crippen LogP contribution in [0.1, 0.15) is 29.6 Å². The van der Waals surface area contributed by atoms with E-state index in [0.29, 0.717) is 17.5 Å². The van der Waals surface area contributed by atoms with E-state index in [1.165, 1.54) is 0 Å². The van der Waals surface area contributed by atoms with Gasteiger partial charge >= 0.3 is 0 Å². The first-order chi connectivity index (χ1) is 8.78. The molecule has 2 aliphatic heterocycles. The largest absolute Gasteiger partial charge is 0.373 e. The topological polar surface area (TPSA) is 63.2 Å². The van der Waals surface area contributed by atoms with Gasteiger partial charge in [-0.15, -0.1) is 0 Å². The summed E-state index contributed by atoms with van der Waals surface area (Å²) >= 11 is 0. The number of rotatable bonds is 3. The lowest BCUT2D eigenvalue weighted by Gasteiger charge is -2.20. The van der Waals surface area contributed by atoms with Crippen molar-refractivity contribution >= 4 is 11.7 Å². The summed E-state index contributed by atoms with van der Waals surface area (Å²) in [6.07, 6.45) is 5.34. The lowest BCUT2D eigenvalue weighted by molar-refractivity contribution is 0.0841. The molecule has 2 aliphatic rings. The fourth-order valence-corrected chi connectivity index (χ4v) is 2.82. The third-order valence-electron chi connectivity index (χ3n) is 3.71. The van der Waals surface area contributed by atoms with Crippen LogP contribution >= 0.6 is 0 Å². The van der Waals surface area contributed by atoms with Crippen LogP contribution in [0.3, 0.4) is 0 Å². The van der Waals surface area contributed by atoms with E-state index in [9.17, 15) is 4.79 Å². The molecule has 3 atom stereocenters. The van der Waals surface area contributed by atoms with Gasteiger partial charge in [0.1, 0.15) is 5.82 Å². The molecule has 1 aromatic rings. The third-order valence-corrected chi connectivity index (χ3v) is 3.71. The quantitative estimate of drug-likeness (QED) is 0.841. The number of aromatic nitrogens is 1. The Morgan fingerprint density at radius 3 is 3.06 bits per heavy atom. The highest BCUT2D eigenvalue weighted by Gasteiger charge is 2.41. The minimum atomic E-state index is -0.0754. The molecule has 5 nitrogen and oxygen atoms in total. The van der Waals surface area contributed by atoms with Gasteiger partial charge in [0.05, 0.1) is 23.8 Å². The van der Waals surface area contributed by atoms with Gasteiger partial charge in [-0.3, -0.25) is 4.79 Å². The minimum Gasteiger partial charge on any atom is -0.373 e. The lowest BCUT2D eigenvalue weighted by Crippen LogP contribution is -2.41. The zero-order valence-electron chi connectivity index (χ0n) is 10.3. The predicted octanol–water partition coefficient (Wildman–Crippen LogP) is 1.17. The Morgan fingerprint density at radius 2 is 2.39 bits per heavy atom. The Bertz CT molecular complexity index is 463. The van der Waals surface area contributed by atoms with Gasteiger partial charge in [-0.05, 0) is 31.4 Å². The van der Waals surface area contributed by atoms with E-state index in [2.05, 4.69) is 15.6 Å². The van der Waals surface area contributed by atoms with Crippen LogP contribution in [0.15, 0.2) is 18.3 Å². The van der Waals surface area contributed by atoms with Crippen LogP contribution in [0.5, 0.6) is 0 Å². The zero-order chi connectivity index (χ0) is 12.5. The van der Waals surface area contributed by atoms with Gasteiger partial charge in [-0.2, -0.15) is 0 Å². The van der Waals surface area contributed by atoms with E-state index < -0.39 is 0 Å². The molecular weight excluding hydrogens is 230 g/mol. The van der Waals surface area contributed by atoms with Gasteiger partial charge in [0.25, 0.3) is 5.91 Å². The predicted molar refractivity (Wildman–Crippen MR) is 67.5 cm³/mol. The summed E-state index contributed by atoms with van der Waals surface area (Å²) in [6, 6.07) is 3.70. The molecule has 2 bridgehead atoms. The van der Waals surface area contributed by atoms with Gasteiger partial charge in [-0.25, -0.2) is 4.98 Å². The maximum absolute atomic E-state index is 12.2. The fourth-order valence-electron chi connectivity index (χ4n) is 2.82. The molecule has 0 radical (unpaired) electrons. The molecule has 3 heterocycles. The van der Waals surface area contributed by atoms with Crippen molar-refractivity contribution in [2.45, 2.75) is 37.5 Å². The van der Waals surface area contributed by atoms with Crippen molar-refractivity contribution in [2.24, 2.45) is 0 Å². The number of hydrogen-bond donors (Lipinski definition) is 2. The Hall–Kier alpha value is -1.62. The summed E-state index contributed by atoms with van der Waals surface area (Å²) in [7, 11) is 1.76. The maximum atomic E-state index is 12.2. The molecular formula is C13H17N3O2. The molecule has 0 saturated carbocycles. The van der Waals surface area contributed by atoms with Crippen molar-refractivity contribution in [2.75, 3.05) is 12.4 Å². The number of fused-ring (bicyclic) bond motifs is 2. The number of carbonyl (C=O) groups excluding carboxylic acids is 1. The smallest absolute Gasteiger partial charge is 0.255 e. The summed E-state index contributed by atoms with van der Waals surface area (Å²) in [6.45, 7) is 0. The van der Waals surface area contributed by atoms with Crippen molar-refractivity contribution in [3.63, 3.8) is 0 Å². The summed E-state index contributed by atoms with van der Waals surface area (Å²) in [4.78, 5) is 16.3. The standard InChI is InChI=1S/C13H17N3O2/c1-14-12-9(3-2-6-15-12)13(17)16-10-7-8-4-5-11(10)18-8/h2-3,6,8,10-11H,4-5,7H2,1H3,(H,14,15)(H,16,17). The van der Waals surface area contributed by atoms with Gasteiger partial charge < -0.3 is 15.4 Å². The Morgan fingerprint density at radius 1 is 1.50 bits per heavy atom. The SMILES string of the molecule is CNc1ncccc1C(=O)NC1CC2CCC1O2. The van der Waals surface area contributed by atoms with E-state index in [-0.39, 0.29) is 18.1 Å². The summed E-state index contributed by atoms with van der Waals surface area (Å²) in [5.41, 5.74) is 0.586. The number of hydrogen-bond acceptors (Lipinski definition) is 4. The molecule has 3 unspecified atom stereocenters. The maximum Gasteiger partial charge on any atom is 0.255 e. The highest BCUT2D eigenvalue weighted by Crippen LogP contribution is 2.34. The van der Waals surface area contributed by atoms with Gasteiger partial charge in [0.15, 0.2) is 0 Å². The highest BCUT2D eigenvalue weighted by atomic mass is 16.5. The van der Waals surface area contributed by atoms with Crippen molar-refractivity contribution in [3.8, 4) is 0 Å². The Labute approximate surface area is 106 Å². The fraction of sp³-hybridized carbons (Fsp3) is 0.538. The summed E-state index contributed by atoms with van der Waals surface area (Å²) in [5.74, 6) is 0.535. The molecule has 2 saturated heterocycles. The normalized spacial score (nSPS) is 29.3. The van der Waals surface area contributed by atoms with Crippen molar-refractivity contribution in [1.29, 1.82) is 0 Å². The molecule has 5 heteroatoms. The zero-order valence-corrected chi connectivity index (χ0v) is 10.3. The number of nitrogens with one attached hydrogen (secondary N) is 2. The molecule has 2 N–H and O–H groups in total. The van der Waals surface area contributed by atoms with Crippen molar-refractivity contribution in [3.05, 3.63) is 23.9 Å². The van der Waals surface area contributed by atoms with E-state index in [0.717, 1.165) is 19.3 Å². The summed E-state index contributed by atoms with van der Waals surface area (Å²) in [5, 5.41) is 5.99. The van der Waals surface area contributed by atoms with Crippen LogP contribution in [0.2, 0.25) is 0 Å². The lowest BCUT2D eigenvalue weighted by atomic mass is 9.95. The van der Waals surface area contributed by atoms with Gasteiger partial charge in [0.2, 0.25) is 0 Å². The van der Waals surface area contributed by atoms with E-state index >= 15 is 0 Å². The van der Waals surface area contributed by atoms with E-state index in [1.54, 1.807) is 25.4 Å². The third kappa shape index (κ3) is 1.95. The molecule has 1 amide bonds. The first-order valence-corrected chi connectivity index (χ1v) is 6.37. The van der Waals surface area contributed by atoms with Crippen LogP contribution in [0, 0.1) is 0 Å². The average Bonchev–Trinajstić information content (AvgIpc) is 3.01. The molecule has 18 heavy (non-hydrogen) atoms. The number of anilines is 1. The average molecular weight is 247 g/mol. The molecule has 2 fully saturated rings. The number of ether oxygens (including phenoxy) is 1. The molecule has 1 aromatic heterocycles. The second-order valence-corrected chi connectivity index (χ2v) is 4.84. The molecule has 0 spiro atoms. The number of pyridine rings is 1. The number of carbonyl (C=O) groups is 1. The molecule has 3 rings (SSSR count). The molecule has 0 aromatic carbocycles. The highest BCUT2D eigenvalue weighted by molar-refractivity contribution is 5.98. The first kappa shape index (κ1) is 11.5. The van der Waals surface area contributed by atoms with Crippen LogP contribution in [-0.2, 0) is 4.74 Å². The minimum absolute atomic E-state index is 0.0754. The monoisotopic (exact) mass is 247 g/mol. The van der Waals surface area contributed by atoms with E-state index in [4.69, 9.17) is 4.74 Å². The second kappa shape index (κ2) is 4.57. The Kier molecular flexibility index (Phi) is 2.91. The first-order valence-electron chi connectivity index (χ1n) is 6.37. The van der Waals surface area contributed by atoms with Crippen molar-refractivity contribution < 1.29 is 9.53 Å². The Balaban J connectivity index is 1.71. The van der Waals surface area contributed by atoms with E-state index in [1.807, 2.05) is 0 Å². The van der Waals surface area contributed by atoms with Gasteiger partial charge in [-0.1, -0.05) is 0 Å².